The lowest BCUT2D eigenvalue weighted by Gasteiger charge is -2.16. The van der Waals surface area contributed by atoms with Gasteiger partial charge in [0.2, 0.25) is 0 Å². The highest BCUT2D eigenvalue weighted by Gasteiger charge is 2.42. The van der Waals surface area contributed by atoms with Crippen LogP contribution in [0.2, 0.25) is 0 Å². The van der Waals surface area contributed by atoms with Crippen molar-refractivity contribution >= 4 is 0 Å². The fraction of sp³-hybridized carbons (Fsp3) is 0.400. The number of fused-ring (bicyclic) bond motifs is 1. The number of hydrogen-bond donors (Lipinski definition) is 1. The Kier molecular flexibility index (Phi) is 1.98. The molecule has 1 saturated carbocycles. The van der Waals surface area contributed by atoms with Crippen molar-refractivity contribution in [2.75, 3.05) is 0 Å². The normalized spacial score (nSPS) is 19.8. The summed E-state index contributed by atoms with van der Waals surface area (Å²) in [7, 11) is 0. The summed E-state index contributed by atoms with van der Waals surface area (Å²) in [5, 5.41) is 4.57. The molecule has 2 aromatic rings. The minimum atomic E-state index is -0.103. The molecular weight excluding hydrogens is 222 g/mol. The standard InChI is InChI=1S/C15H17N3/c16-15(8-9-15)12-5-1-2-6-14(12)18-13-7-3-4-11(13)10-17-18/h1-2,5-6,10H,3-4,7-9,16H2. The van der Waals surface area contributed by atoms with Gasteiger partial charge in [0.15, 0.2) is 0 Å². The number of nitrogens with two attached hydrogens (primary N) is 1. The van der Waals surface area contributed by atoms with Crippen molar-refractivity contribution in [2.45, 2.75) is 37.6 Å². The van der Waals surface area contributed by atoms with Crippen LogP contribution in [0.5, 0.6) is 0 Å². The van der Waals surface area contributed by atoms with Crippen LogP contribution in [0.3, 0.4) is 0 Å². The molecule has 0 amide bonds. The van der Waals surface area contributed by atoms with Crippen LogP contribution in [-0.4, -0.2) is 9.78 Å². The quantitative estimate of drug-likeness (QED) is 0.874. The first-order chi connectivity index (χ1) is 8.78. The van der Waals surface area contributed by atoms with Crippen LogP contribution in [0.1, 0.15) is 36.1 Å². The second kappa shape index (κ2) is 3.45. The molecule has 0 atom stereocenters. The average molecular weight is 239 g/mol. The zero-order valence-electron chi connectivity index (χ0n) is 10.4. The van der Waals surface area contributed by atoms with Crippen LogP contribution >= 0.6 is 0 Å². The van der Waals surface area contributed by atoms with Crippen LogP contribution in [0.25, 0.3) is 5.69 Å². The lowest BCUT2D eigenvalue weighted by molar-refractivity contribution is 0.707. The lowest BCUT2D eigenvalue weighted by atomic mass is 10.0. The minimum absolute atomic E-state index is 0.103. The minimum Gasteiger partial charge on any atom is -0.321 e. The predicted molar refractivity (Wildman–Crippen MR) is 70.7 cm³/mol. The van der Waals surface area contributed by atoms with Crippen molar-refractivity contribution < 1.29 is 0 Å². The van der Waals surface area contributed by atoms with E-state index in [0.717, 1.165) is 19.3 Å². The monoisotopic (exact) mass is 239 g/mol. The average Bonchev–Trinajstić information content (AvgIpc) is 2.83. The molecular formula is C15H17N3. The zero-order chi connectivity index (χ0) is 12.2. The number of rotatable bonds is 2. The van der Waals surface area contributed by atoms with Crippen LogP contribution in [-0.2, 0) is 18.4 Å². The largest absolute Gasteiger partial charge is 0.321 e. The first-order valence-electron chi connectivity index (χ1n) is 6.72. The molecule has 0 unspecified atom stereocenters. The molecule has 0 aliphatic heterocycles. The van der Waals surface area contributed by atoms with E-state index in [1.165, 1.54) is 35.3 Å². The first-order valence-corrected chi connectivity index (χ1v) is 6.72. The third kappa shape index (κ3) is 1.37. The maximum Gasteiger partial charge on any atom is 0.0699 e. The molecule has 3 heteroatoms. The fourth-order valence-corrected chi connectivity index (χ4v) is 3.02. The van der Waals surface area contributed by atoms with Gasteiger partial charge in [-0.05, 0) is 49.3 Å². The van der Waals surface area contributed by atoms with E-state index in [-0.39, 0.29) is 5.54 Å². The van der Waals surface area contributed by atoms with Gasteiger partial charge in [0.05, 0.1) is 11.9 Å². The van der Waals surface area contributed by atoms with Crippen LogP contribution in [0.4, 0.5) is 0 Å². The summed E-state index contributed by atoms with van der Waals surface area (Å²) in [6.07, 6.45) is 7.77. The molecule has 1 aromatic carbocycles. The molecule has 1 heterocycles. The molecule has 0 bridgehead atoms. The van der Waals surface area contributed by atoms with E-state index < -0.39 is 0 Å². The summed E-state index contributed by atoms with van der Waals surface area (Å²) in [4.78, 5) is 0. The highest BCUT2D eigenvalue weighted by atomic mass is 15.3. The molecule has 4 rings (SSSR count). The van der Waals surface area contributed by atoms with Crippen LogP contribution < -0.4 is 5.73 Å². The van der Waals surface area contributed by atoms with E-state index in [0.29, 0.717) is 0 Å². The summed E-state index contributed by atoms with van der Waals surface area (Å²) in [6.45, 7) is 0. The SMILES string of the molecule is NC1(c2ccccc2-n2ncc3c2CCC3)CC1. The van der Waals surface area contributed by atoms with Gasteiger partial charge in [0, 0.05) is 11.2 Å². The molecule has 1 fully saturated rings. The number of aryl methyl sites for hydroxylation is 1. The molecule has 0 saturated heterocycles. The summed E-state index contributed by atoms with van der Waals surface area (Å²) >= 11 is 0. The maximum atomic E-state index is 6.38. The third-order valence-electron chi connectivity index (χ3n) is 4.27. The van der Waals surface area contributed by atoms with E-state index >= 15 is 0 Å². The van der Waals surface area contributed by atoms with Crippen molar-refractivity contribution in [3.63, 3.8) is 0 Å². The Morgan fingerprint density at radius 1 is 1.17 bits per heavy atom. The highest BCUT2D eigenvalue weighted by molar-refractivity contribution is 5.49. The van der Waals surface area contributed by atoms with Gasteiger partial charge in [-0.25, -0.2) is 4.68 Å². The second-order valence-corrected chi connectivity index (χ2v) is 5.56. The van der Waals surface area contributed by atoms with E-state index in [1.807, 2.05) is 6.20 Å². The van der Waals surface area contributed by atoms with E-state index in [1.54, 1.807) is 0 Å². The Morgan fingerprint density at radius 3 is 2.83 bits per heavy atom. The number of benzene rings is 1. The molecule has 0 spiro atoms. The number of para-hydroxylation sites is 1. The van der Waals surface area contributed by atoms with Crippen LogP contribution in [0, 0.1) is 0 Å². The van der Waals surface area contributed by atoms with Gasteiger partial charge in [-0.3, -0.25) is 0 Å². The van der Waals surface area contributed by atoms with Gasteiger partial charge in [-0.1, -0.05) is 18.2 Å². The Bertz CT molecular complexity index is 608. The summed E-state index contributed by atoms with van der Waals surface area (Å²) in [5.41, 5.74) is 11.5. The van der Waals surface area contributed by atoms with Crippen molar-refractivity contribution in [1.82, 2.24) is 9.78 Å². The number of hydrogen-bond acceptors (Lipinski definition) is 2. The third-order valence-corrected chi connectivity index (χ3v) is 4.27. The van der Waals surface area contributed by atoms with Gasteiger partial charge in [0.1, 0.15) is 0 Å². The molecule has 0 radical (unpaired) electrons. The molecule has 1 aromatic heterocycles. The molecule has 18 heavy (non-hydrogen) atoms. The highest BCUT2D eigenvalue weighted by Crippen LogP contribution is 2.45. The zero-order valence-corrected chi connectivity index (χ0v) is 10.4. The summed E-state index contributed by atoms with van der Waals surface area (Å²) < 4.78 is 2.12. The van der Waals surface area contributed by atoms with E-state index in [9.17, 15) is 0 Å². The Morgan fingerprint density at radius 2 is 2.00 bits per heavy atom. The van der Waals surface area contributed by atoms with Gasteiger partial charge < -0.3 is 5.73 Å². The first kappa shape index (κ1) is 10.3. The van der Waals surface area contributed by atoms with Gasteiger partial charge >= 0.3 is 0 Å². The maximum absolute atomic E-state index is 6.38. The van der Waals surface area contributed by atoms with Gasteiger partial charge in [0.25, 0.3) is 0 Å². The number of nitrogens with zero attached hydrogens (tertiary/aromatic N) is 2. The predicted octanol–water partition coefficient (Wildman–Crippen LogP) is 2.31. The second-order valence-electron chi connectivity index (χ2n) is 5.56. The van der Waals surface area contributed by atoms with Crippen molar-refractivity contribution in [1.29, 1.82) is 0 Å². The van der Waals surface area contributed by atoms with E-state index in [2.05, 4.69) is 34.0 Å². The molecule has 92 valence electrons. The van der Waals surface area contributed by atoms with Crippen LogP contribution in [0.15, 0.2) is 30.5 Å². The Labute approximate surface area is 107 Å². The van der Waals surface area contributed by atoms with Gasteiger partial charge in [-0.2, -0.15) is 5.10 Å². The van der Waals surface area contributed by atoms with Crippen molar-refractivity contribution in [3.05, 3.63) is 47.3 Å². The lowest BCUT2D eigenvalue weighted by Crippen LogP contribution is -2.21. The smallest absolute Gasteiger partial charge is 0.0699 e. The number of aromatic nitrogens is 2. The van der Waals surface area contributed by atoms with E-state index in [4.69, 9.17) is 5.73 Å². The van der Waals surface area contributed by atoms with Crippen molar-refractivity contribution in [2.24, 2.45) is 5.73 Å². The Balaban J connectivity index is 1.90. The van der Waals surface area contributed by atoms with Crippen molar-refractivity contribution in [3.8, 4) is 5.69 Å². The topological polar surface area (TPSA) is 43.8 Å². The summed E-state index contributed by atoms with van der Waals surface area (Å²) in [6, 6.07) is 8.46. The molecule has 2 N–H and O–H groups in total. The van der Waals surface area contributed by atoms with Gasteiger partial charge in [-0.15, -0.1) is 0 Å². The molecule has 3 nitrogen and oxygen atoms in total. The molecule has 2 aliphatic carbocycles. The summed E-state index contributed by atoms with van der Waals surface area (Å²) in [5.74, 6) is 0. The fourth-order valence-electron chi connectivity index (χ4n) is 3.02. The Hall–Kier alpha value is -1.61. The molecule has 2 aliphatic rings.